The Balaban J connectivity index is 1.71. The first kappa shape index (κ1) is 14.6. The molecule has 2 aromatic heterocycles. The lowest BCUT2D eigenvalue weighted by molar-refractivity contribution is 0.244. The number of hydrogen-bond acceptors (Lipinski definition) is 5. The Morgan fingerprint density at radius 3 is 2.95 bits per heavy atom. The fraction of sp³-hybridized carbons (Fsp3) is 0.571. The molecule has 3 heterocycles. The number of nitrogens with zero attached hydrogens (tertiary/aromatic N) is 4. The maximum absolute atomic E-state index is 12.2. The molecule has 1 aliphatic rings. The summed E-state index contributed by atoms with van der Waals surface area (Å²) in [5, 5.41) is 14.0. The van der Waals surface area contributed by atoms with Crippen molar-refractivity contribution in [1.82, 2.24) is 25.2 Å². The van der Waals surface area contributed by atoms with Crippen molar-refractivity contribution in [2.24, 2.45) is 0 Å². The first-order chi connectivity index (χ1) is 10.6. The van der Waals surface area contributed by atoms with Gasteiger partial charge in [0, 0.05) is 13.0 Å². The third-order valence-corrected chi connectivity index (χ3v) is 3.81. The molecule has 0 saturated heterocycles. The van der Waals surface area contributed by atoms with E-state index >= 15 is 0 Å². The fourth-order valence-electron chi connectivity index (χ4n) is 2.66. The molecular formula is C14H20N6O2. The van der Waals surface area contributed by atoms with Crippen LogP contribution < -0.4 is 10.6 Å². The van der Waals surface area contributed by atoms with Gasteiger partial charge in [0.15, 0.2) is 11.6 Å². The van der Waals surface area contributed by atoms with Crippen molar-refractivity contribution in [2.45, 2.75) is 52.6 Å². The Morgan fingerprint density at radius 2 is 2.27 bits per heavy atom. The van der Waals surface area contributed by atoms with Crippen molar-refractivity contribution in [3.05, 3.63) is 23.1 Å². The van der Waals surface area contributed by atoms with E-state index in [2.05, 4.69) is 25.9 Å². The molecule has 22 heavy (non-hydrogen) atoms. The van der Waals surface area contributed by atoms with Gasteiger partial charge in [0.1, 0.15) is 17.2 Å². The number of amides is 2. The van der Waals surface area contributed by atoms with E-state index in [4.69, 9.17) is 4.52 Å². The number of hydrogen-bond donors (Lipinski definition) is 2. The van der Waals surface area contributed by atoms with Gasteiger partial charge in [-0.2, -0.15) is 5.10 Å². The Hall–Kier alpha value is -2.38. The Bertz CT molecular complexity index is 670. The Morgan fingerprint density at radius 1 is 1.45 bits per heavy atom. The van der Waals surface area contributed by atoms with Gasteiger partial charge in [-0.05, 0) is 26.7 Å². The molecule has 0 fully saturated rings. The number of carbonyl (C=O) groups excluding carboxylic acids is 1. The molecule has 2 amide bonds. The lowest BCUT2D eigenvalue weighted by Crippen LogP contribution is -2.36. The summed E-state index contributed by atoms with van der Waals surface area (Å²) in [5.41, 5.74) is 1.27. The van der Waals surface area contributed by atoms with Gasteiger partial charge >= 0.3 is 6.03 Å². The average molecular weight is 304 g/mol. The summed E-state index contributed by atoms with van der Waals surface area (Å²) < 4.78 is 6.93. The van der Waals surface area contributed by atoms with Crippen LogP contribution in [0.25, 0.3) is 0 Å². The predicted octanol–water partition coefficient (Wildman–Crippen LogP) is 2.10. The van der Waals surface area contributed by atoms with Crippen LogP contribution in [0.15, 0.2) is 4.52 Å². The molecular weight excluding hydrogens is 284 g/mol. The Labute approximate surface area is 128 Å². The summed E-state index contributed by atoms with van der Waals surface area (Å²) in [6.45, 7) is 6.43. The number of aryl methyl sites for hydroxylation is 4. The average Bonchev–Trinajstić information content (AvgIpc) is 3.06. The fourth-order valence-corrected chi connectivity index (χ4v) is 2.66. The quantitative estimate of drug-likeness (QED) is 0.905. The standard InChI is InChI=1S/C14H20N6O2/c1-4-11-16-13-10(6-5-7-20(13)18-11)15-14(21)17-12-8(2)19-22-9(12)3/h10H,4-7H2,1-3H3,(H2,15,17,21)/t10-/m1/s1. The Kier molecular flexibility index (Phi) is 3.82. The molecule has 0 unspecified atom stereocenters. The molecule has 1 aliphatic heterocycles. The smallest absolute Gasteiger partial charge is 0.319 e. The maximum atomic E-state index is 12.2. The van der Waals surface area contributed by atoms with Gasteiger partial charge in [-0.15, -0.1) is 0 Å². The van der Waals surface area contributed by atoms with Crippen LogP contribution in [0.5, 0.6) is 0 Å². The summed E-state index contributed by atoms with van der Waals surface area (Å²) in [4.78, 5) is 16.7. The highest BCUT2D eigenvalue weighted by atomic mass is 16.5. The molecule has 0 aromatic carbocycles. The van der Waals surface area contributed by atoms with Gasteiger partial charge in [0.25, 0.3) is 0 Å². The van der Waals surface area contributed by atoms with E-state index in [1.807, 2.05) is 11.6 Å². The van der Waals surface area contributed by atoms with Gasteiger partial charge in [0.2, 0.25) is 0 Å². The molecule has 2 N–H and O–H groups in total. The van der Waals surface area contributed by atoms with Crippen LogP contribution in [0.3, 0.4) is 0 Å². The summed E-state index contributed by atoms with van der Waals surface area (Å²) >= 11 is 0. The van der Waals surface area contributed by atoms with E-state index in [1.54, 1.807) is 13.8 Å². The molecule has 0 bridgehead atoms. The van der Waals surface area contributed by atoms with E-state index in [1.165, 1.54) is 0 Å². The number of nitrogens with one attached hydrogen (secondary N) is 2. The van der Waals surface area contributed by atoms with Crippen LogP contribution in [0.2, 0.25) is 0 Å². The highest BCUT2D eigenvalue weighted by Crippen LogP contribution is 2.24. The van der Waals surface area contributed by atoms with Crippen LogP contribution in [-0.4, -0.2) is 26.0 Å². The molecule has 0 radical (unpaired) electrons. The first-order valence-electron chi connectivity index (χ1n) is 7.52. The minimum Gasteiger partial charge on any atom is -0.359 e. The zero-order valence-electron chi connectivity index (χ0n) is 13.0. The lowest BCUT2D eigenvalue weighted by Gasteiger charge is -2.23. The first-order valence-corrected chi connectivity index (χ1v) is 7.52. The number of anilines is 1. The molecule has 0 spiro atoms. The highest BCUT2D eigenvalue weighted by Gasteiger charge is 2.26. The van der Waals surface area contributed by atoms with Gasteiger partial charge in [-0.3, -0.25) is 0 Å². The van der Waals surface area contributed by atoms with E-state index in [9.17, 15) is 4.79 Å². The highest BCUT2D eigenvalue weighted by molar-refractivity contribution is 5.90. The molecule has 8 nitrogen and oxygen atoms in total. The maximum Gasteiger partial charge on any atom is 0.319 e. The largest absolute Gasteiger partial charge is 0.359 e. The van der Waals surface area contributed by atoms with Gasteiger partial charge in [-0.1, -0.05) is 12.1 Å². The minimum atomic E-state index is -0.283. The van der Waals surface area contributed by atoms with Crippen molar-refractivity contribution in [2.75, 3.05) is 5.32 Å². The normalized spacial score (nSPS) is 17.1. The summed E-state index contributed by atoms with van der Waals surface area (Å²) in [7, 11) is 0. The number of carbonyl (C=O) groups is 1. The summed E-state index contributed by atoms with van der Waals surface area (Å²) in [6, 6.07) is -0.407. The summed E-state index contributed by atoms with van der Waals surface area (Å²) in [6.07, 6.45) is 2.62. The molecule has 0 saturated carbocycles. The molecule has 0 aliphatic carbocycles. The van der Waals surface area contributed by atoms with Crippen LogP contribution >= 0.6 is 0 Å². The predicted molar refractivity (Wildman–Crippen MR) is 79.5 cm³/mol. The molecule has 3 rings (SSSR count). The van der Waals surface area contributed by atoms with Crippen molar-refractivity contribution < 1.29 is 9.32 Å². The van der Waals surface area contributed by atoms with Crippen LogP contribution in [0.1, 0.15) is 48.9 Å². The zero-order valence-corrected chi connectivity index (χ0v) is 13.0. The van der Waals surface area contributed by atoms with Crippen LogP contribution in [0, 0.1) is 13.8 Å². The zero-order chi connectivity index (χ0) is 15.7. The second kappa shape index (κ2) is 5.78. The van der Waals surface area contributed by atoms with Crippen LogP contribution in [-0.2, 0) is 13.0 Å². The molecule has 1 atom stereocenters. The lowest BCUT2D eigenvalue weighted by atomic mass is 10.1. The van der Waals surface area contributed by atoms with Crippen molar-refractivity contribution in [1.29, 1.82) is 0 Å². The molecule has 118 valence electrons. The number of fused-ring (bicyclic) bond motifs is 1. The van der Waals surface area contributed by atoms with Gasteiger partial charge in [0.05, 0.1) is 6.04 Å². The monoisotopic (exact) mass is 304 g/mol. The SMILES string of the molecule is CCc1nc2n(n1)CCC[C@H]2NC(=O)Nc1c(C)noc1C. The van der Waals surface area contributed by atoms with Crippen molar-refractivity contribution in [3.63, 3.8) is 0 Å². The van der Waals surface area contributed by atoms with Crippen molar-refractivity contribution in [3.8, 4) is 0 Å². The minimum absolute atomic E-state index is 0.123. The van der Waals surface area contributed by atoms with Gasteiger partial charge in [-0.25, -0.2) is 14.5 Å². The van der Waals surface area contributed by atoms with Gasteiger partial charge < -0.3 is 15.2 Å². The van der Waals surface area contributed by atoms with E-state index in [0.717, 1.165) is 37.5 Å². The molecule has 8 heteroatoms. The van der Waals surface area contributed by atoms with E-state index in [0.29, 0.717) is 17.1 Å². The third kappa shape index (κ3) is 2.68. The topological polar surface area (TPSA) is 97.9 Å². The van der Waals surface area contributed by atoms with Crippen molar-refractivity contribution >= 4 is 11.7 Å². The second-order valence-corrected chi connectivity index (χ2v) is 5.46. The number of urea groups is 1. The summed E-state index contributed by atoms with van der Waals surface area (Å²) in [5.74, 6) is 2.24. The van der Waals surface area contributed by atoms with Crippen LogP contribution in [0.4, 0.5) is 10.5 Å². The van der Waals surface area contributed by atoms with E-state index < -0.39 is 0 Å². The number of rotatable bonds is 3. The molecule has 2 aromatic rings. The van der Waals surface area contributed by atoms with E-state index in [-0.39, 0.29) is 12.1 Å². The number of aromatic nitrogens is 4. The second-order valence-electron chi connectivity index (χ2n) is 5.46. The third-order valence-electron chi connectivity index (χ3n) is 3.81.